The second-order valence-electron chi connectivity index (χ2n) is 3.68. The minimum Gasteiger partial charge on any atom is -0.373 e. The monoisotopic (exact) mass is 221 g/mol. The van der Waals surface area contributed by atoms with E-state index in [0.29, 0.717) is 0 Å². The zero-order valence-electron chi connectivity index (χ0n) is 10.1. The Morgan fingerprint density at radius 2 is 2.06 bits per heavy atom. The number of rotatable bonds is 5. The summed E-state index contributed by atoms with van der Waals surface area (Å²) in [7, 11) is 1.81. The van der Waals surface area contributed by atoms with Gasteiger partial charge in [-0.15, -0.1) is 0 Å². The molecule has 0 aliphatic carbocycles. The lowest BCUT2D eigenvalue weighted by atomic mass is 10.0. The van der Waals surface area contributed by atoms with Gasteiger partial charge in [0.15, 0.2) is 0 Å². The molecule has 0 aliphatic rings. The Kier molecular flexibility index (Phi) is 4.76. The summed E-state index contributed by atoms with van der Waals surface area (Å²) < 4.78 is 0. The average molecular weight is 221 g/mol. The molecule has 0 bridgehead atoms. The van der Waals surface area contributed by atoms with E-state index in [9.17, 15) is 4.79 Å². The summed E-state index contributed by atoms with van der Waals surface area (Å²) in [5.74, 6) is 0.952. The highest BCUT2D eigenvalue weighted by Crippen LogP contribution is 2.13. The molecule has 1 aromatic heterocycles. The predicted molar refractivity (Wildman–Crippen MR) is 66.5 cm³/mol. The number of nitrogens with zero attached hydrogens (tertiary/aromatic N) is 1. The molecule has 0 radical (unpaired) electrons. The molecule has 1 amide bonds. The molecule has 4 nitrogen and oxygen atoms in total. The van der Waals surface area contributed by atoms with Gasteiger partial charge in [-0.1, -0.05) is 13.8 Å². The molecule has 88 valence electrons. The lowest BCUT2D eigenvalue weighted by Crippen LogP contribution is -2.21. The molecule has 1 heterocycles. The quantitative estimate of drug-likeness (QED) is 0.803. The highest BCUT2D eigenvalue weighted by molar-refractivity contribution is 5.92. The van der Waals surface area contributed by atoms with Gasteiger partial charge in [0.2, 0.25) is 5.91 Å². The van der Waals surface area contributed by atoms with Crippen LogP contribution in [0.25, 0.3) is 0 Å². The van der Waals surface area contributed by atoms with Crippen LogP contribution in [0.3, 0.4) is 0 Å². The van der Waals surface area contributed by atoms with Crippen LogP contribution in [0.4, 0.5) is 11.5 Å². The molecule has 0 fully saturated rings. The van der Waals surface area contributed by atoms with Gasteiger partial charge in [0.05, 0.1) is 11.9 Å². The van der Waals surface area contributed by atoms with E-state index in [1.165, 1.54) is 0 Å². The van der Waals surface area contributed by atoms with Crippen molar-refractivity contribution in [2.75, 3.05) is 17.7 Å². The fourth-order valence-corrected chi connectivity index (χ4v) is 1.52. The van der Waals surface area contributed by atoms with Crippen molar-refractivity contribution >= 4 is 17.4 Å². The Labute approximate surface area is 96.5 Å². The van der Waals surface area contributed by atoms with Gasteiger partial charge >= 0.3 is 0 Å². The molecule has 0 atom stereocenters. The number of nitrogens with one attached hydrogen (secondary N) is 2. The average Bonchev–Trinajstić information content (AvgIpc) is 2.31. The summed E-state index contributed by atoms with van der Waals surface area (Å²) in [5, 5.41) is 5.79. The van der Waals surface area contributed by atoms with Crippen molar-refractivity contribution in [3.8, 4) is 0 Å². The Morgan fingerprint density at radius 3 is 2.50 bits per heavy atom. The molecule has 0 aromatic carbocycles. The topological polar surface area (TPSA) is 54.0 Å². The van der Waals surface area contributed by atoms with E-state index in [2.05, 4.69) is 15.6 Å². The molecule has 1 aromatic rings. The summed E-state index contributed by atoms with van der Waals surface area (Å²) in [4.78, 5) is 15.9. The Bertz CT molecular complexity index is 331. The first-order valence-electron chi connectivity index (χ1n) is 5.65. The van der Waals surface area contributed by atoms with Crippen LogP contribution >= 0.6 is 0 Å². The van der Waals surface area contributed by atoms with Crippen molar-refractivity contribution in [2.45, 2.75) is 26.7 Å². The molecule has 2 N–H and O–H groups in total. The third-order valence-corrected chi connectivity index (χ3v) is 2.64. The highest BCUT2D eigenvalue weighted by Gasteiger charge is 2.13. The number of carbonyl (C=O) groups is 1. The van der Waals surface area contributed by atoms with E-state index in [1.807, 2.05) is 33.0 Å². The SMILES string of the molecule is CCC(CC)C(=O)Nc1ccc(NC)nc1. The summed E-state index contributed by atoms with van der Waals surface area (Å²) >= 11 is 0. The van der Waals surface area contributed by atoms with E-state index < -0.39 is 0 Å². The second kappa shape index (κ2) is 6.10. The van der Waals surface area contributed by atoms with Crippen LogP contribution in [0.5, 0.6) is 0 Å². The Balaban J connectivity index is 2.62. The summed E-state index contributed by atoms with van der Waals surface area (Å²) in [6.07, 6.45) is 3.39. The fourth-order valence-electron chi connectivity index (χ4n) is 1.52. The maximum atomic E-state index is 11.8. The number of hydrogen-bond acceptors (Lipinski definition) is 3. The molecule has 16 heavy (non-hydrogen) atoms. The molecule has 4 heteroatoms. The summed E-state index contributed by atoms with van der Waals surface area (Å²) in [5.41, 5.74) is 0.746. The van der Waals surface area contributed by atoms with Gasteiger partial charge in [0, 0.05) is 13.0 Å². The van der Waals surface area contributed by atoms with Crippen LogP contribution in [0.1, 0.15) is 26.7 Å². The van der Waals surface area contributed by atoms with Gasteiger partial charge < -0.3 is 10.6 Å². The first kappa shape index (κ1) is 12.5. The number of amides is 1. The number of anilines is 2. The maximum Gasteiger partial charge on any atom is 0.227 e. The van der Waals surface area contributed by atoms with E-state index in [-0.39, 0.29) is 11.8 Å². The molecule has 0 aliphatic heterocycles. The fraction of sp³-hybridized carbons (Fsp3) is 0.500. The Hall–Kier alpha value is -1.58. The van der Waals surface area contributed by atoms with Crippen molar-refractivity contribution in [3.63, 3.8) is 0 Å². The van der Waals surface area contributed by atoms with E-state index in [1.54, 1.807) is 6.20 Å². The second-order valence-corrected chi connectivity index (χ2v) is 3.68. The van der Waals surface area contributed by atoms with Crippen LogP contribution < -0.4 is 10.6 Å². The lowest BCUT2D eigenvalue weighted by molar-refractivity contribution is -0.120. The van der Waals surface area contributed by atoms with Gasteiger partial charge in [-0.2, -0.15) is 0 Å². The minimum absolute atomic E-state index is 0.0732. The third-order valence-electron chi connectivity index (χ3n) is 2.64. The maximum absolute atomic E-state index is 11.8. The molecule has 0 saturated carbocycles. The van der Waals surface area contributed by atoms with Crippen molar-refractivity contribution in [1.82, 2.24) is 4.98 Å². The van der Waals surface area contributed by atoms with Crippen LogP contribution in [-0.4, -0.2) is 17.9 Å². The lowest BCUT2D eigenvalue weighted by Gasteiger charge is -2.12. The summed E-state index contributed by atoms with van der Waals surface area (Å²) in [6, 6.07) is 3.68. The first-order valence-corrected chi connectivity index (χ1v) is 5.65. The number of carbonyl (C=O) groups excluding carboxylic acids is 1. The highest BCUT2D eigenvalue weighted by atomic mass is 16.1. The number of aromatic nitrogens is 1. The van der Waals surface area contributed by atoms with Crippen molar-refractivity contribution in [3.05, 3.63) is 18.3 Å². The predicted octanol–water partition coefficient (Wildman–Crippen LogP) is 2.50. The molecular weight excluding hydrogens is 202 g/mol. The van der Waals surface area contributed by atoms with Gasteiger partial charge in [-0.05, 0) is 25.0 Å². The summed E-state index contributed by atoms with van der Waals surface area (Å²) in [6.45, 7) is 4.05. The molecular formula is C12H19N3O. The van der Waals surface area contributed by atoms with Crippen LogP contribution in [0, 0.1) is 5.92 Å². The largest absolute Gasteiger partial charge is 0.373 e. The zero-order valence-corrected chi connectivity index (χ0v) is 10.1. The van der Waals surface area contributed by atoms with Crippen molar-refractivity contribution in [2.24, 2.45) is 5.92 Å². The van der Waals surface area contributed by atoms with Crippen molar-refractivity contribution < 1.29 is 4.79 Å². The zero-order chi connectivity index (χ0) is 12.0. The van der Waals surface area contributed by atoms with Crippen LogP contribution in [-0.2, 0) is 4.79 Å². The number of hydrogen-bond donors (Lipinski definition) is 2. The standard InChI is InChI=1S/C12H19N3O/c1-4-9(5-2)12(16)15-10-6-7-11(13-3)14-8-10/h6-9H,4-5H2,1-3H3,(H,13,14)(H,15,16). The van der Waals surface area contributed by atoms with Gasteiger partial charge in [0.25, 0.3) is 0 Å². The normalized spacial score (nSPS) is 10.2. The van der Waals surface area contributed by atoms with Crippen molar-refractivity contribution in [1.29, 1.82) is 0 Å². The third kappa shape index (κ3) is 3.22. The van der Waals surface area contributed by atoms with E-state index >= 15 is 0 Å². The molecule has 0 spiro atoms. The smallest absolute Gasteiger partial charge is 0.227 e. The number of pyridine rings is 1. The molecule has 0 saturated heterocycles. The minimum atomic E-state index is 0.0732. The van der Waals surface area contributed by atoms with E-state index in [0.717, 1.165) is 24.3 Å². The molecule has 1 rings (SSSR count). The Morgan fingerprint density at radius 1 is 1.38 bits per heavy atom. The molecule has 0 unspecified atom stereocenters. The van der Waals surface area contributed by atoms with Crippen LogP contribution in [0.15, 0.2) is 18.3 Å². The van der Waals surface area contributed by atoms with Gasteiger partial charge in [-0.3, -0.25) is 4.79 Å². The van der Waals surface area contributed by atoms with E-state index in [4.69, 9.17) is 0 Å². The van der Waals surface area contributed by atoms with Crippen LogP contribution in [0.2, 0.25) is 0 Å². The van der Waals surface area contributed by atoms with Gasteiger partial charge in [-0.25, -0.2) is 4.98 Å². The first-order chi connectivity index (χ1) is 7.71. The van der Waals surface area contributed by atoms with Gasteiger partial charge in [0.1, 0.15) is 5.82 Å².